The van der Waals surface area contributed by atoms with Crippen molar-refractivity contribution in [2.24, 2.45) is 0 Å². The van der Waals surface area contributed by atoms with Crippen molar-refractivity contribution >= 4 is 5.91 Å². The molecular formula is C14H21N3O2. The minimum Gasteiger partial charge on any atom is -0.378 e. The normalized spacial score (nSPS) is 27.1. The number of ether oxygens (including phenoxy) is 1. The lowest BCUT2D eigenvalue weighted by Crippen LogP contribution is -2.39. The van der Waals surface area contributed by atoms with E-state index >= 15 is 0 Å². The zero-order chi connectivity index (χ0) is 13.1. The van der Waals surface area contributed by atoms with E-state index in [2.05, 4.69) is 5.10 Å². The third kappa shape index (κ3) is 2.97. The fraction of sp³-hybridized carbons (Fsp3) is 0.714. The predicted molar refractivity (Wildman–Crippen MR) is 70.6 cm³/mol. The van der Waals surface area contributed by atoms with Crippen molar-refractivity contribution in [3.8, 4) is 0 Å². The van der Waals surface area contributed by atoms with Crippen LogP contribution < -0.4 is 0 Å². The summed E-state index contributed by atoms with van der Waals surface area (Å²) in [6, 6.07) is 2.22. The van der Waals surface area contributed by atoms with Crippen molar-refractivity contribution in [2.75, 3.05) is 13.2 Å². The molecule has 0 N–H and O–H groups in total. The number of amides is 1. The molecule has 5 heteroatoms. The van der Waals surface area contributed by atoms with E-state index in [1.165, 1.54) is 0 Å². The van der Waals surface area contributed by atoms with Gasteiger partial charge in [-0.2, -0.15) is 5.10 Å². The molecule has 1 aromatic rings. The van der Waals surface area contributed by atoms with Gasteiger partial charge in [0.25, 0.3) is 0 Å². The zero-order valence-electron chi connectivity index (χ0n) is 11.2. The van der Waals surface area contributed by atoms with E-state index in [4.69, 9.17) is 4.74 Å². The Morgan fingerprint density at radius 2 is 2.32 bits per heavy atom. The largest absolute Gasteiger partial charge is 0.378 e. The molecule has 0 aliphatic carbocycles. The van der Waals surface area contributed by atoms with Crippen molar-refractivity contribution in [1.82, 2.24) is 14.7 Å². The van der Waals surface area contributed by atoms with Crippen LogP contribution in [0.5, 0.6) is 0 Å². The molecule has 104 valence electrons. The summed E-state index contributed by atoms with van der Waals surface area (Å²) in [5, 5.41) is 4.23. The molecule has 3 heterocycles. The van der Waals surface area contributed by atoms with Gasteiger partial charge in [0.1, 0.15) is 0 Å². The first-order valence-corrected chi connectivity index (χ1v) is 7.21. The van der Waals surface area contributed by atoms with Crippen LogP contribution in [0.25, 0.3) is 0 Å². The number of hydrogen-bond donors (Lipinski definition) is 0. The minimum absolute atomic E-state index is 0.151. The highest BCUT2D eigenvalue weighted by molar-refractivity contribution is 5.77. The first-order chi connectivity index (χ1) is 9.33. The molecule has 1 amide bonds. The van der Waals surface area contributed by atoms with E-state index in [-0.39, 0.29) is 12.0 Å². The van der Waals surface area contributed by atoms with Gasteiger partial charge >= 0.3 is 0 Å². The van der Waals surface area contributed by atoms with E-state index in [1.807, 2.05) is 21.8 Å². The molecule has 3 rings (SSSR count). The molecule has 2 saturated heterocycles. The fourth-order valence-electron chi connectivity index (χ4n) is 3.10. The Hall–Kier alpha value is -1.36. The average molecular weight is 263 g/mol. The summed E-state index contributed by atoms with van der Waals surface area (Å²) < 4.78 is 7.48. The molecule has 2 atom stereocenters. The van der Waals surface area contributed by atoms with Gasteiger partial charge in [0.2, 0.25) is 5.91 Å². The monoisotopic (exact) mass is 263 g/mol. The van der Waals surface area contributed by atoms with Crippen molar-refractivity contribution < 1.29 is 9.53 Å². The second kappa shape index (κ2) is 5.74. The third-order valence-corrected chi connectivity index (χ3v) is 4.08. The van der Waals surface area contributed by atoms with Crippen LogP contribution in [0.1, 0.15) is 32.1 Å². The zero-order valence-corrected chi connectivity index (χ0v) is 11.2. The van der Waals surface area contributed by atoms with E-state index in [1.54, 1.807) is 6.20 Å². The Bertz CT molecular complexity index is 412. The number of nitrogens with zero attached hydrogens (tertiary/aromatic N) is 3. The number of rotatable bonds is 4. The Morgan fingerprint density at radius 3 is 3.05 bits per heavy atom. The number of carbonyl (C=O) groups is 1. The molecule has 0 radical (unpaired) electrons. The molecule has 0 spiro atoms. The number of carbonyl (C=O) groups excluding carboxylic acids is 1. The molecule has 0 bridgehead atoms. The van der Waals surface area contributed by atoms with Gasteiger partial charge in [0.05, 0.1) is 25.1 Å². The van der Waals surface area contributed by atoms with E-state index in [0.29, 0.717) is 12.5 Å². The predicted octanol–water partition coefficient (Wildman–Crippen LogP) is 1.44. The molecule has 1 aromatic heterocycles. The molecule has 0 unspecified atom stereocenters. The van der Waals surface area contributed by atoms with Gasteiger partial charge in [0, 0.05) is 25.5 Å². The van der Waals surface area contributed by atoms with Crippen LogP contribution >= 0.6 is 0 Å². The van der Waals surface area contributed by atoms with Crippen LogP contribution in [-0.2, 0) is 16.1 Å². The number of hydrogen-bond acceptors (Lipinski definition) is 3. The van der Waals surface area contributed by atoms with Gasteiger partial charge < -0.3 is 9.64 Å². The average Bonchev–Trinajstić information content (AvgIpc) is 3.10. The SMILES string of the molecule is O=C(C[C@H]1CCCO1)N1CCC[C@H]1Cn1cccn1. The number of likely N-dealkylation sites (tertiary alicyclic amines) is 1. The van der Waals surface area contributed by atoms with E-state index in [0.717, 1.165) is 45.4 Å². The summed E-state index contributed by atoms with van der Waals surface area (Å²) >= 11 is 0. The van der Waals surface area contributed by atoms with Crippen LogP contribution in [0.2, 0.25) is 0 Å². The Labute approximate surface area is 113 Å². The maximum Gasteiger partial charge on any atom is 0.225 e. The van der Waals surface area contributed by atoms with Crippen molar-refractivity contribution in [1.29, 1.82) is 0 Å². The van der Waals surface area contributed by atoms with Crippen molar-refractivity contribution in [3.63, 3.8) is 0 Å². The molecular weight excluding hydrogens is 242 g/mol. The molecule has 2 fully saturated rings. The van der Waals surface area contributed by atoms with Crippen molar-refractivity contribution in [3.05, 3.63) is 18.5 Å². The quantitative estimate of drug-likeness (QED) is 0.826. The second-order valence-electron chi connectivity index (χ2n) is 5.45. The summed E-state index contributed by atoms with van der Waals surface area (Å²) in [6.07, 6.45) is 8.75. The third-order valence-electron chi connectivity index (χ3n) is 4.08. The second-order valence-corrected chi connectivity index (χ2v) is 5.45. The lowest BCUT2D eigenvalue weighted by Gasteiger charge is -2.25. The molecule has 0 aromatic carbocycles. The summed E-state index contributed by atoms with van der Waals surface area (Å²) in [7, 11) is 0. The van der Waals surface area contributed by atoms with Crippen LogP contribution in [0, 0.1) is 0 Å². The van der Waals surface area contributed by atoms with Crippen LogP contribution in [0.4, 0.5) is 0 Å². The molecule has 0 saturated carbocycles. The van der Waals surface area contributed by atoms with Gasteiger partial charge in [-0.05, 0) is 31.7 Å². The van der Waals surface area contributed by atoms with Gasteiger partial charge in [-0.25, -0.2) is 0 Å². The van der Waals surface area contributed by atoms with E-state index in [9.17, 15) is 4.79 Å². The Kier molecular flexibility index (Phi) is 3.82. The Balaban J connectivity index is 1.57. The highest BCUT2D eigenvalue weighted by atomic mass is 16.5. The summed E-state index contributed by atoms with van der Waals surface area (Å²) in [5.74, 6) is 0.251. The lowest BCUT2D eigenvalue weighted by molar-refractivity contribution is -0.134. The molecule has 2 aliphatic rings. The summed E-state index contributed by atoms with van der Waals surface area (Å²) in [5.41, 5.74) is 0. The van der Waals surface area contributed by atoms with Crippen LogP contribution in [-0.4, -0.2) is 45.9 Å². The van der Waals surface area contributed by atoms with Gasteiger partial charge in [0.15, 0.2) is 0 Å². The molecule has 5 nitrogen and oxygen atoms in total. The lowest BCUT2D eigenvalue weighted by atomic mass is 10.1. The van der Waals surface area contributed by atoms with Crippen LogP contribution in [0.15, 0.2) is 18.5 Å². The van der Waals surface area contributed by atoms with Gasteiger partial charge in [-0.1, -0.05) is 0 Å². The maximum atomic E-state index is 12.4. The first kappa shape index (κ1) is 12.7. The first-order valence-electron chi connectivity index (χ1n) is 7.21. The Morgan fingerprint density at radius 1 is 1.37 bits per heavy atom. The highest BCUT2D eigenvalue weighted by Crippen LogP contribution is 2.22. The highest BCUT2D eigenvalue weighted by Gasteiger charge is 2.31. The fourth-order valence-corrected chi connectivity index (χ4v) is 3.10. The molecule has 19 heavy (non-hydrogen) atoms. The van der Waals surface area contributed by atoms with E-state index < -0.39 is 0 Å². The smallest absolute Gasteiger partial charge is 0.225 e. The van der Waals surface area contributed by atoms with Gasteiger partial charge in [-0.3, -0.25) is 9.48 Å². The van der Waals surface area contributed by atoms with Gasteiger partial charge in [-0.15, -0.1) is 0 Å². The summed E-state index contributed by atoms with van der Waals surface area (Å²) in [4.78, 5) is 14.4. The minimum atomic E-state index is 0.151. The number of aromatic nitrogens is 2. The van der Waals surface area contributed by atoms with Crippen LogP contribution in [0.3, 0.4) is 0 Å². The topological polar surface area (TPSA) is 47.4 Å². The maximum absolute atomic E-state index is 12.4. The molecule has 2 aliphatic heterocycles. The standard InChI is InChI=1S/C14H21N3O2/c18-14(10-13-5-2-9-19-13)17-8-1-4-12(17)11-16-7-3-6-15-16/h3,6-7,12-13H,1-2,4-5,8-11H2/t12-,13+/m0/s1. The summed E-state index contributed by atoms with van der Waals surface area (Å²) in [6.45, 7) is 2.51. The van der Waals surface area contributed by atoms with Crippen molar-refractivity contribution in [2.45, 2.75) is 50.8 Å².